The van der Waals surface area contributed by atoms with Crippen molar-refractivity contribution >= 4 is 62.1 Å². The number of carbonyl (C=O) groups is 3. The van der Waals surface area contributed by atoms with Crippen molar-refractivity contribution in [3.05, 3.63) is 137 Å². The number of phosphoric ester groups is 2. The lowest BCUT2D eigenvalue weighted by molar-refractivity contribution is -0.162. The van der Waals surface area contributed by atoms with Crippen molar-refractivity contribution in [2.75, 3.05) is 37.0 Å². The molecule has 8 rings (SSSR count). The van der Waals surface area contributed by atoms with E-state index in [0.717, 1.165) is 28.1 Å². The Balaban J connectivity index is 0.991. The van der Waals surface area contributed by atoms with Crippen molar-refractivity contribution in [2.24, 2.45) is 0 Å². The van der Waals surface area contributed by atoms with Crippen molar-refractivity contribution in [1.29, 1.82) is 0 Å². The van der Waals surface area contributed by atoms with Crippen molar-refractivity contribution in [1.82, 2.24) is 34.0 Å². The Hall–Kier alpha value is -7.11. The lowest BCUT2D eigenvalue weighted by Gasteiger charge is -2.29. The molecule has 76 heavy (non-hydrogen) atoms. The van der Waals surface area contributed by atoms with E-state index in [-0.39, 0.29) is 48.2 Å². The van der Waals surface area contributed by atoms with Crippen LogP contribution in [0.2, 0.25) is 0 Å². The van der Waals surface area contributed by atoms with Crippen LogP contribution in [0.15, 0.2) is 109 Å². The lowest BCUT2D eigenvalue weighted by Crippen LogP contribution is -2.48. The van der Waals surface area contributed by atoms with Gasteiger partial charge in [0.25, 0.3) is 0 Å². The first-order chi connectivity index (χ1) is 36.1. The highest BCUT2D eigenvalue weighted by molar-refractivity contribution is 7.47. The van der Waals surface area contributed by atoms with E-state index >= 15 is 0 Å². The van der Waals surface area contributed by atoms with E-state index in [1.54, 1.807) is 54.6 Å². The second kappa shape index (κ2) is 23.4. The van der Waals surface area contributed by atoms with Crippen LogP contribution >= 0.6 is 15.6 Å². The van der Waals surface area contributed by atoms with Gasteiger partial charge in [-0.2, -0.15) is 4.98 Å². The van der Waals surface area contributed by atoms with E-state index in [2.05, 4.69) is 29.8 Å². The summed E-state index contributed by atoms with van der Waals surface area (Å²) in [6.45, 7) is -2.36. The summed E-state index contributed by atoms with van der Waals surface area (Å²) in [5, 5.41) is 25.9. The number of aliphatic hydroxyl groups excluding tert-OH is 2. The molecule has 2 aliphatic rings. The fourth-order valence-corrected chi connectivity index (χ4v) is 9.43. The van der Waals surface area contributed by atoms with Crippen LogP contribution in [-0.2, 0) is 70.7 Å². The maximum Gasteiger partial charge on any atom is 0.472 e. The Kier molecular flexibility index (Phi) is 17.0. The van der Waals surface area contributed by atoms with Crippen molar-refractivity contribution in [3.63, 3.8) is 0 Å². The summed E-state index contributed by atoms with van der Waals surface area (Å²) in [5.41, 5.74) is 12.8. The number of aromatic nitrogens is 6. The number of rotatable bonds is 20. The summed E-state index contributed by atoms with van der Waals surface area (Å²) < 4.78 is 79.0. The standard InChI is InChI=1S/C45H49FN10O18P2/c1-54(45(62)68-19-26-9-13-28(14-10-26)52-33(57)18-25-7-11-27(46)12-8-25)29(17-24-5-3-2-4-6-24)43(60)73-37-30(71-42(35(37)58)56-23-51-34-39(48)49-22-50-40(34)56)21-70-76(66,67)74-38-31(20-69-75(63,64)65)72-41(36(38)59)55-16-15-32(47)53-44(55)61/h2-16,22-23,29-31,35-38,41-42,58-59H,17-21H2,1H3,(H,52,57)(H,66,67)(H2,47,53,61)(H2,48,49,50)(H2,63,64,65)/t29-,30+,31+,35+,36+,37+,38+,41+,42+/m0/s1. The molecule has 5 heterocycles. The number of hydrogen-bond acceptors (Lipinski definition) is 21. The van der Waals surface area contributed by atoms with Gasteiger partial charge in [-0.3, -0.25) is 32.4 Å². The van der Waals surface area contributed by atoms with Gasteiger partial charge in [0.2, 0.25) is 5.91 Å². The smallest absolute Gasteiger partial charge is 0.455 e. The number of amides is 2. The predicted octanol–water partition coefficient (Wildman–Crippen LogP) is 1.49. The third-order valence-electron chi connectivity index (χ3n) is 11.9. The minimum Gasteiger partial charge on any atom is -0.455 e. The van der Waals surface area contributed by atoms with Gasteiger partial charge in [0.15, 0.2) is 30.0 Å². The van der Waals surface area contributed by atoms with Gasteiger partial charge >= 0.3 is 33.4 Å². The molecule has 28 nitrogen and oxygen atoms in total. The number of esters is 1. The molecule has 404 valence electrons. The zero-order chi connectivity index (χ0) is 54.5. The Labute approximate surface area is 428 Å². The Morgan fingerprint density at radius 2 is 1.47 bits per heavy atom. The molecule has 0 bridgehead atoms. The van der Waals surface area contributed by atoms with Crippen LogP contribution in [0.1, 0.15) is 29.1 Å². The molecule has 1 unspecified atom stereocenters. The SMILES string of the molecule is CN(C(=O)OCc1ccc(NC(=O)Cc2ccc(F)cc2)cc1)[C@@H](Cc1ccccc1)C(=O)O[C@H]1[C@@H](O)[C@H](n2cnc3c(N)ncnc32)O[C@@H]1COP(=O)(O)O[C@H]1[C@@H](O)[C@H](n2ccc(N)nc2=O)O[C@@H]1COP(=O)(O)O. The van der Waals surface area contributed by atoms with E-state index in [4.69, 9.17) is 39.5 Å². The zero-order valence-corrected chi connectivity index (χ0v) is 41.4. The molecule has 10 N–H and O–H groups in total. The number of imidazole rings is 1. The minimum absolute atomic E-state index is 0.00279. The monoisotopic (exact) mass is 1100 g/mol. The summed E-state index contributed by atoms with van der Waals surface area (Å²) >= 11 is 0. The first kappa shape index (κ1) is 55.1. The number of benzene rings is 3. The molecule has 10 atom stereocenters. The van der Waals surface area contributed by atoms with Gasteiger partial charge in [-0.05, 0) is 47.0 Å². The fourth-order valence-electron chi connectivity index (χ4n) is 8.12. The number of aliphatic hydroxyl groups is 2. The van der Waals surface area contributed by atoms with Crippen LogP contribution < -0.4 is 22.5 Å². The Bertz CT molecular complexity index is 3190. The van der Waals surface area contributed by atoms with E-state index in [0.29, 0.717) is 22.4 Å². The highest BCUT2D eigenvalue weighted by Crippen LogP contribution is 2.50. The van der Waals surface area contributed by atoms with Crippen LogP contribution in [0.4, 0.5) is 26.5 Å². The summed E-state index contributed by atoms with van der Waals surface area (Å²) in [7, 11) is -9.44. The number of nitrogens with one attached hydrogen (secondary N) is 1. The third kappa shape index (κ3) is 13.5. The van der Waals surface area contributed by atoms with Gasteiger partial charge in [0.05, 0.1) is 26.0 Å². The molecule has 2 saturated heterocycles. The number of hydrogen-bond donors (Lipinski definition) is 8. The molecule has 6 aromatic rings. The number of ether oxygens (including phenoxy) is 4. The quantitative estimate of drug-likeness (QED) is 0.0396. The first-order valence-corrected chi connectivity index (χ1v) is 25.7. The minimum atomic E-state index is -5.50. The van der Waals surface area contributed by atoms with Gasteiger partial charge in [-0.15, -0.1) is 0 Å². The average Bonchev–Trinajstić information content (AvgIpc) is 4.06. The molecule has 0 saturated carbocycles. The second-order valence-electron chi connectivity index (χ2n) is 17.2. The van der Waals surface area contributed by atoms with Gasteiger partial charge < -0.3 is 60.6 Å². The molecule has 2 aliphatic heterocycles. The molecule has 31 heteroatoms. The number of carbonyl (C=O) groups excluding carboxylic acids is 3. The zero-order valence-electron chi connectivity index (χ0n) is 39.6. The number of anilines is 3. The maximum absolute atomic E-state index is 14.5. The maximum atomic E-state index is 14.5. The Morgan fingerprint density at radius 1 is 0.829 bits per heavy atom. The molecule has 0 radical (unpaired) electrons. The third-order valence-corrected chi connectivity index (χ3v) is 13.4. The van der Waals surface area contributed by atoms with Crippen molar-refractivity contribution in [2.45, 2.75) is 74.6 Å². The first-order valence-electron chi connectivity index (χ1n) is 22.7. The molecule has 3 aromatic carbocycles. The normalized spacial score (nSPS) is 22.7. The summed E-state index contributed by atoms with van der Waals surface area (Å²) in [4.78, 5) is 100. The molecule has 0 aliphatic carbocycles. The second-order valence-corrected chi connectivity index (χ2v) is 19.8. The highest BCUT2D eigenvalue weighted by Gasteiger charge is 2.52. The molecule has 2 fully saturated rings. The molecular formula is C45H49FN10O18P2. The summed E-state index contributed by atoms with van der Waals surface area (Å²) in [6, 6.07) is 20.0. The van der Waals surface area contributed by atoms with E-state index < -0.39 is 108 Å². The summed E-state index contributed by atoms with van der Waals surface area (Å²) in [6.07, 6.45) is -12.1. The van der Waals surface area contributed by atoms with Crippen molar-refractivity contribution < 1.29 is 85.3 Å². The molecule has 2 amide bonds. The topological polar surface area (TPSA) is 397 Å². The van der Waals surface area contributed by atoms with Gasteiger partial charge in [-0.1, -0.05) is 54.6 Å². The van der Waals surface area contributed by atoms with Gasteiger partial charge in [0, 0.05) is 25.4 Å². The van der Waals surface area contributed by atoms with E-state index in [1.807, 2.05) is 0 Å². The van der Waals surface area contributed by atoms with E-state index in [9.17, 15) is 57.6 Å². The highest BCUT2D eigenvalue weighted by atomic mass is 31.2. The number of nitrogens with zero attached hydrogens (tertiary/aromatic N) is 7. The fraction of sp³-hybridized carbons (Fsp3) is 0.333. The van der Waals surface area contributed by atoms with Crippen LogP contribution in [-0.4, -0.2) is 140 Å². The van der Waals surface area contributed by atoms with Gasteiger partial charge in [-0.25, -0.2) is 42.9 Å². The average molecular weight is 1100 g/mol. The number of nitrogens with two attached hydrogens (primary N) is 2. The Morgan fingerprint density at radius 3 is 2.16 bits per heavy atom. The van der Waals surface area contributed by atoms with Crippen LogP contribution in [0.25, 0.3) is 11.2 Å². The van der Waals surface area contributed by atoms with E-state index in [1.165, 1.54) is 42.2 Å². The number of halogens is 1. The van der Waals surface area contributed by atoms with Crippen LogP contribution in [0.3, 0.4) is 0 Å². The van der Waals surface area contributed by atoms with Crippen LogP contribution in [0.5, 0.6) is 0 Å². The molecular weight excluding hydrogens is 1050 g/mol. The lowest BCUT2D eigenvalue weighted by atomic mass is 10.0. The predicted molar refractivity (Wildman–Crippen MR) is 258 cm³/mol. The number of nitrogen functional groups attached to an aromatic ring is 2. The van der Waals surface area contributed by atoms with Gasteiger partial charge in [0.1, 0.15) is 66.6 Å². The number of fused-ring (bicyclic) bond motifs is 1. The summed E-state index contributed by atoms with van der Waals surface area (Å²) in [5.74, 6) is -2.15. The number of likely N-dealkylation sites (N-methyl/N-ethyl adjacent to an activating group) is 1. The molecule has 3 aromatic heterocycles. The molecule has 0 spiro atoms. The number of phosphoric acid groups is 2. The van der Waals surface area contributed by atoms with Crippen LogP contribution in [0, 0.1) is 5.82 Å². The largest absolute Gasteiger partial charge is 0.472 e. The van der Waals surface area contributed by atoms with Crippen molar-refractivity contribution in [3.8, 4) is 0 Å².